The summed E-state index contributed by atoms with van der Waals surface area (Å²) in [7, 11) is 3.79. The summed E-state index contributed by atoms with van der Waals surface area (Å²) in [5.74, 6) is 0. The predicted molar refractivity (Wildman–Crippen MR) is 80.0 cm³/mol. The maximum absolute atomic E-state index is 5.96. The molecule has 20 heavy (non-hydrogen) atoms. The highest BCUT2D eigenvalue weighted by molar-refractivity contribution is 6.30. The van der Waals surface area contributed by atoms with E-state index in [1.54, 1.807) is 11.3 Å². The van der Waals surface area contributed by atoms with Gasteiger partial charge in [0.15, 0.2) is 0 Å². The van der Waals surface area contributed by atoms with E-state index in [1.165, 1.54) is 0 Å². The number of halogens is 1. The zero-order chi connectivity index (χ0) is 14.1. The van der Waals surface area contributed by atoms with Gasteiger partial charge < -0.3 is 4.84 Å². The number of benzene rings is 1. The van der Waals surface area contributed by atoms with E-state index in [-0.39, 0.29) is 0 Å². The van der Waals surface area contributed by atoms with Crippen molar-refractivity contribution in [3.05, 3.63) is 64.7 Å². The van der Waals surface area contributed by atoms with Crippen molar-refractivity contribution in [3.63, 3.8) is 0 Å². The number of nitrogens with zero attached hydrogens (tertiary/aromatic N) is 2. The number of allylic oxidation sites excluding steroid dienone is 2. The largest absolute Gasteiger partial charge is 0.387 e. The van der Waals surface area contributed by atoms with Gasteiger partial charge in [-0.2, -0.15) is 0 Å². The third kappa shape index (κ3) is 2.28. The van der Waals surface area contributed by atoms with E-state index in [1.807, 2.05) is 49.6 Å². The van der Waals surface area contributed by atoms with Crippen LogP contribution in [0.4, 0.5) is 0 Å². The summed E-state index contributed by atoms with van der Waals surface area (Å²) in [6.07, 6.45) is 6.83. The molecule has 1 aromatic rings. The molecule has 1 N–H and O–H groups in total. The molecule has 104 valence electrons. The number of hydrogen-bond donors (Lipinski definition) is 1. The van der Waals surface area contributed by atoms with E-state index in [0.29, 0.717) is 0 Å². The number of hydroxylamine groups is 2. The SMILES string of the molecule is CNN1C=C2C(=CON2C)CC=C1c1ccc(Cl)cc1. The highest BCUT2D eigenvalue weighted by Gasteiger charge is 2.23. The van der Waals surface area contributed by atoms with E-state index in [9.17, 15) is 0 Å². The van der Waals surface area contributed by atoms with Crippen LogP contribution in [-0.4, -0.2) is 24.2 Å². The van der Waals surface area contributed by atoms with Crippen molar-refractivity contribution < 1.29 is 4.84 Å². The quantitative estimate of drug-likeness (QED) is 0.905. The van der Waals surface area contributed by atoms with Crippen molar-refractivity contribution in [1.29, 1.82) is 0 Å². The average Bonchev–Trinajstić information content (AvgIpc) is 2.70. The number of hydrazine groups is 1. The Labute approximate surface area is 123 Å². The summed E-state index contributed by atoms with van der Waals surface area (Å²) in [6, 6.07) is 7.84. The minimum Gasteiger partial charge on any atom is -0.387 e. The van der Waals surface area contributed by atoms with Crippen LogP contribution in [0.2, 0.25) is 5.02 Å². The standard InChI is InChI=1S/C15H16ClN3O/c1-17-19-9-15-12(10-20-18(15)2)5-8-14(19)11-3-6-13(16)7-4-11/h3-4,6-10,17H,5H2,1-2H3. The number of fused-ring (bicyclic) bond motifs is 1. The van der Waals surface area contributed by atoms with Crippen LogP contribution >= 0.6 is 11.6 Å². The van der Waals surface area contributed by atoms with Crippen molar-refractivity contribution in [1.82, 2.24) is 15.5 Å². The molecule has 3 rings (SSSR count). The molecule has 0 aliphatic carbocycles. The van der Waals surface area contributed by atoms with Gasteiger partial charge >= 0.3 is 0 Å². The van der Waals surface area contributed by atoms with Crippen molar-refractivity contribution >= 4 is 17.3 Å². The van der Waals surface area contributed by atoms with Crippen molar-refractivity contribution in [2.24, 2.45) is 0 Å². The van der Waals surface area contributed by atoms with Gasteiger partial charge in [0, 0.05) is 30.9 Å². The lowest BCUT2D eigenvalue weighted by Crippen LogP contribution is -2.29. The molecule has 0 radical (unpaired) electrons. The summed E-state index contributed by atoms with van der Waals surface area (Å²) in [5, 5.41) is 4.49. The monoisotopic (exact) mass is 289 g/mol. The Kier molecular flexibility index (Phi) is 3.42. The van der Waals surface area contributed by atoms with Crippen LogP contribution in [0.5, 0.6) is 0 Å². The molecular weight excluding hydrogens is 274 g/mol. The van der Waals surface area contributed by atoms with Crippen LogP contribution < -0.4 is 5.43 Å². The van der Waals surface area contributed by atoms with Crippen LogP contribution in [0, 0.1) is 0 Å². The molecule has 2 aliphatic rings. The molecule has 1 aromatic carbocycles. The van der Waals surface area contributed by atoms with Gasteiger partial charge in [-0.05, 0) is 24.1 Å². The molecule has 4 nitrogen and oxygen atoms in total. The zero-order valence-corrected chi connectivity index (χ0v) is 12.2. The molecule has 0 bridgehead atoms. The summed E-state index contributed by atoms with van der Waals surface area (Å²) in [6.45, 7) is 0. The minimum absolute atomic E-state index is 0.741. The second-order valence-electron chi connectivity index (χ2n) is 4.65. The summed E-state index contributed by atoms with van der Waals surface area (Å²) in [4.78, 5) is 5.41. The van der Waals surface area contributed by atoms with E-state index < -0.39 is 0 Å². The van der Waals surface area contributed by atoms with Gasteiger partial charge in [-0.3, -0.25) is 5.01 Å². The molecule has 2 aliphatic heterocycles. The van der Waals surface area contributed by atoms with Gasteiger partial charge in [-0.25, -0.2) is 10.5 Å². The van der Waals surface area contributed by atoms with E-state index >= 15 is 0 Å². The van der Waals surface area contributed by atoms with Crippen LogP contribution in [-0.2, 0) is 4.84 Å². The third-order valence-electron chi connectivity index (χ3n) is 3.43. The van der Waals surface area contributed by atoms with Crippen LogP contribution in [0.25, 0.3) is 5.70 Å². The summed E-state index contributed by atoms with van der Waals surface area (Å²) in [5.41, 5.74) is 7.62. The molecule has 0 atom stereocenters. The van der Waals surface area contributed by atoms with E-state index in [4.69, 9.17) is 16.4 Å². The number of nitrogens with one attached hydrogen (secondary N) is 1. The normalized spacial score (nSPS) is 17.9. The van der Waals surface area contributed by atoms with Crippen LogP contribution in [0.15, 0.2) is 54.1 Å². The molecule has 0 saturated carbocycles. The second kappa shape index (κ2) is 5.23. The molecule has 0 unspecified atom stereocenters. The van der Waals surface area contributed by atoms with Gasteiger partial charge in [-0.15, -0.1) is 0 Å². The highest BCUT2D eigenvalue weighted by Crippen LogP contribution is 2.32. The molecule has 0 aromatic heterocycles. The van der Waals surface area contributed by atoms with Crippen molar-refractivity contribution in [3.8, 4) is 0 Å². The third-order valence-corrected chi connectivity index (χ3v) is 3.68. The fraction of sp³-hybridized carbons (Fsp3) is 0.200. The Morgan fingerprint density at radius 2 is 1.95 bits per heavy atom. The lowest BCUT2D eigenvalue weighted by Gasteiger charge is -2.23. The molecular formula is C15H16ClN3O. The second-order valence-corrected chi connectivity index (χ2v) is 5.09. The topological polar surface area (TPSA) is 27.7 Å². The first-order chi connectivity index (χ1) is 9.69. The van der Waals surface area contributed by atoms with Crippen molar-refractivity contribution in [2.75, 3.05) is 14.1 Å². The van der Waals surface area contributed by atoms with Gasteiger partial charge in [-0.1, -0.05) is 29.8 Å². The summed E-state index contributed by atoms with van der Waals surface area (Å²) < 4.78 is 0. The molecule has 0 amide bonds. The predicted octanol–water partition coefficient (Wildman–Crippen LogP) is 3.12. The Morgan fingerprint density at radius 3 is 2.65 bits per heavy atom. The molecule has 0 saturated heterocycles. The first-order valence-electron chi connectivity index (χ1n) is 6.43. The minimum atomic E-state index is 0.741. The Balaban J connectivity index is 2.00. The zero-order valence-electron chi connectivity index (χ0n) is 11.4. The van der Waals surface area contributed by atoms with Gasteiger partial charge in [0.1, 0.15) is 6.26 Å². The smallest absolute Gasteiger partial charge is 0.125 e. The molecule has 2 heterocycles. The van der Waals surface area contributed by atoms with E-state index in [0.717, 1.165) is 34.0 Å². The lowest BCUT2D eigenvalue weighted by molar-refractivity contribution is -0.0260. The Hall–Kier alpha value is -1.91. The molecule has 0 fully saturated rings. The maximum atomic E-state index is 5.96. The van der Waals surface area contributed by atoms with E-state index in [2.05, 4.69) is 11.5 Å². The van der Waals surface area contributed by atoms with Gasteiger partial charge in [0.2, 0.25) is 0 Å². The number of rotatable bonds is 2. The van der Waals surface area contributed by atoms with Crippen molar-refractivity contribution in [2.45, 2.75) is 6.42 Å². The van der Waals surface area contributed by atoms with Gasteiger partial charge in [0.25, 0.3) is 0 Å². The molecule has 5 heteroatoms. The average molecular weight is 290 g/mol. The Bertz CT molecular complexity index is 604. The Morgan fingerprint density at radius 1 is 1.20 bits per heavy atom. The fourth-order valence-electron chi connectivity index (χ4n) is 2.34. The first-order valence-corrected chi connectivity index (χ1v) is 6.81. The maximum Gasteiger partial charge on any atom is 0.125 e. The summed E-state index contributed by atoms with van der Waals surface area (Å²) >= 11 is 5.96. The number of hydrogen-bond acceptors (Lipinski definition) is 4. The van der Waals surface area contributed by atoms with Crippen LogP contribution in [0.1, 0.15) is 12.0 Å². The lowest BCUT2D eigenvalue weighted by atomic mass is 10.1. The highest BCUT2D eigenvalue weighted by atomic mass is 35.5. The number of likely N-dealkylation sites (N-methyl/N-ethyl adjacent to an activating group) is 1. The van der Waals surface area contributed by atoms with Gasteiger partial charge in [0.05, 0.1) is 11.4 Å². The first kappa shape index (κ1) is 13.1. The van der Waals surface area contributed by atoms with Crippen LogP contribution in [0.3, 0.4) is 0 Å². The molecule has 0 spiro atoms. The fourth-order valence-corrected chi connectivity index (χ4v) is 2.46.